The molecule has 3 aromatic carbocycles. The second-order valence-electron chi connectivity index (χ2n) is 11.7. The summed E-state index contributed by atoms with van der Waals surface area (Å²) >= 11 is 0. The normalized spacial score (nSPS) is 15.9. The third kappa shape index (κ3) is 9.81. The fraction of sp³-hybridized carbons (Fsp3) is 0.371. The summed E-state index contributed by atoms with van der Waals surface area (Å²) in [5.41, 5.74) is 2.40. The summed E-state index contributed by atoms with van der Waals surface area (Å²) in [5, 5.41) is 7.63. The van der Waals surface area contributed by atoms with Crippen LogP contribution in [0.25, 0.3) is 0 Å². The van der Waals surface area contributed by atoms with E-state index in [4.69, 9.17) is 9.57 Å². The molecule has 1 N–H and O–H groups in total. The molecule has 0 bridgehead atoms. The van der Waals surface area contributed by atoms with Gasteiger partial charge in [-0.1, -0.05) is 84.0 Å². The van der Waals surface area contributed by atoms with Gasteiger partial charge >= 0.3 is 5.97 Å². The summed E-state index contributed by atoms with van der Waals surface area (Å²) in [6.45, 7) is 6.20. The van der Waals surface area contributed by atoms with Crippen LogP contribution in [-0.4, -0.2) is 52.6 Å². The number of carbonyl (C=O) groups is 3. The van der Waals surface area contributed by atoms with Crippen molar-refractivity contribution in [2.45, 2.75) is 77.2 Å². The molecule has 4 rings (SSSR count). The van der Waals surface area contributed by atoms with E-state index < -0.39 is 17.7 Å². The topological polar surface area (TPSA) is 97.3 Å². The molecule has 3 aromatic rings. The third-order valence-corrected chi connectivity index (χ3v) is 7.13. The van der Waals surface area contributed by atoms with Crippen molar-refractivity contribution >= 4 is 23.5 Å². The number of ether oxygens (including phenoxy) is 1. The maximum absolute atomic E-state index is 13.5. The Morgan fingerprint density at radius 1 is 0.884 bits per heavy atom. The van der Waals surface area contributed by atoms with Crippen LogP contribution in [0.3, 0.4) is 0 Å². The van der Waals surface area contributed by atoms with Crippen molar-refractivity contribution in [1.82, 2.24) is 10.2 Å². The Labute approximate surface area is 254 Å². The van der Waals surface area contributed by atoms with Gasteiger partial charge in [0.15, 0.2) is 0 Å². The molecule has 2 amide bonds. The molecular weight excluding hydrogens is 542 g/mol. The van der Waals surface area contributed by atoms with E-state index in [1.165, 1.54) is 0 Å². The van der Waals surface area contributed by atoms with Crippen LogP contribution < -0.4 is 5.32 Å². The number of carbonyl (C=O) groups excluding carboxylic acids is 3. The van der Waals surface area contributed by atoms with Crippen LogP contribution in [0.4, 0.5) is 0 Å². The number of oxime groups is 1. The summed E-state index contributed by atoms with van der Waals surface area (Å²) in [6.07, 6.45) is 2.13. The Hall–Kier alpha value is -4.46. The first-order valence-corrected chi connectivity index (χ1v) is 14.8. The quantitative estimate of drug-likeness (QED) is 0.167. The Bertz CT molecular complexity index is 1370. The van der Waals surface area contributed by atoms with E-state index in [1.54, 1.807) is 17.0 Å². The maximum atomic E-state index is 13.5. The Morgan fingerprint density at radius 3 is 2.12 bits per heavy atom. The van der Waals surface area contributed by atoms with Gasteiger partial charge in [0.2, 0.25) is 5.91 Å². The molecule has 43 heavy (non-hydrogen) atoms. The van der Waals surface area contributed by atoms with Gasteiger partial charge in [0.05, 0.1) is 11.8 Å². The number of nitrogens with zero attached hydrogens (tertiary/aromatic N) is 2. The largest absolute Gasteiger partial charge is 0.458 e. The third-order valence-electron chi connectivity index (χ3n) is 7.13. The van der Waals surface area contributed by atoms with Crippen LogP contribution in [0, 0.1) is 0 Å². The summed E-state index contributed by atoms with van der Waals surface area (Å²) in [4.78, 5) is 47.0. The first-order chi connectivity index (χ1) is 20.7. The first kappa shape index (κ1) is 31.5. The van der Waals surface area contributed by atoms with E-state index in [0.717, 1.165) is 17.5 Å². The van der Waals surface area contributed by atoms with Crippen molar-refractivity contribution in [2.24, 2.45) is 5.16 Å². The Morgan fingerprint density at radius 2 is 1.49 bits per heavy atom. The van der Waals surface area contributed by atoms with E-state index in [0.29, 0.717) is 30.7 Å². The zero-order valence-corrected chi connectivity index (χ0v) is 25.2. The highest BCUT2D eigenvalue weighted by molar-refractivity contribution is 6.00. The second-order valence-corrected chi connectivity index (χ2v) is 11.7. The standard InChI is InChI=1S/C35H41N3O5/c1-35(2,3)43-34(41)31-20-13-23-38(31)32(39)22-21-29(37-42-25-27-16-9-5-10-17-27)30(24-26-14-7-4-8-15-26)36-33(40)28-18-11-6-12-19-28/h4-12,14-19,30-31H,13,20-25H2,1-3H3,(H,36,40)/b37-29+/t30?,31-/m0/s1. The van der Waals surface area contributed by atoms with Gasteiger partial charge in [0.25, 0.3) is 5.91 Å². The van der Waals surface area contributed by atoms with Crippen LogP contribution in [0.2, 0.25) is 0 Å². The average Bonchev–Trinajstić information content (AvgIpc) is 3.50. The van der Waals surface area contributed by atoms with Crippen molar-refractivity contribution < 1.29 is 24.0 Å². The SMILES string of the molecule is CC(C)(C)OC(=O)[C@@H]1CCCN1C(=O)CC/C(=N\OCc1ccccc1)C(Cc1ccccc1)NC(=O)c1ccccc1. The molecule has 0 spiro atoms. The number of rotatable bonds is 12. The van der Waals surface area contributed by atoms with E-state index in [2.05, 4.69) is 10.5 Å². The molecule has 1 unspecified atom stereocenters. The minimum atomic E-state index is -0.633. The van der Waals surface area contributed by atoms with Gasteiger partial charge in [-0.15, -0.1) is 0 Å². The molecule has 1 saturated heterocycles. The zero-order chi connectivity index (χ0) is 30.7. The van der Waals surface area contributed by atoms with Crippen molar-refractivity contribution in [2.75, 3.05) is 6.54 Å². The van der Waals surface area contributed by atoms with Gasteiger partial charge < -0.3 is 19.8 Å². The second kappa shape index (κ2) is 15.1. The molecular formula is C35H41N3O5. The molecule has 1 aliphatic heterocycles. The smallest absolute Gasteiger partial charge is 0.329 e. The molecule has 2 atom stereocenters. The number of hydrogen-bond acceptors (Lipinski definition) is 6. The minimum absolute atomic E-state index is 0.110. The van der Waals surface area contributed by atoms with E-state index in [9.17, 15) is 14.4 Å². The number of benzene rings is 3. The molecule has 1 aliphatic rings. The number of hydrogen-bond donors (Lipinski definition) is 1. The van der Waals surface area contributed by atoms with Crippen molar-refractivity contribution in [3.05, 3.63) is 108 Å². The molecule has 0 radical (unpaired) electrons. The Kier molecular flexibility index (Phi) is 11.1. The van der Waals surface area contributed by atoms with Crippen LogP contribution in [0.1, 0.15) is 67.9 Å². The Balaban J connectivity index is 1.55. The minimum Gasteiger partial charge on any atom is -0.458 e. The molecule has 1 heterocycles. The fourth-order valence-electron chi connectivity index (χ4n) is 5.04. The first-order valence-electron chi connectivity index (χ1n) is 14.8. The number of nitrogens with one attached hydrogen (secondary N) is 1. The highest BCUT2D eigenvalue weighted by Crippen LogP contribution is 2.23. The predicted molar refractivity (Wildman–Crippen MR) is 166 cm³/mol. The van der Waals surface area contributed by atoms with E-state index in [-0.39, 0.29) is 37.2 Å². The van der Waals surface area contributed by atoms with E-state index in [1.807, 2.05) is 99.6 Å². The van der Waals surface area contributed by atoms with Gasteiger partial charge in [0, 0.05) is 18.5 Å². The maximum Gasteiger partial charge on any atom is 0.329 e. The van der Waals surface area contributed by atoms with Crippen LogP contribution >= 0.6 is 0 Å². The summed E-state index contributed by atoms with van der Waals surface area (Å²) in [5.74, 6) is -0.777. The number of esters is 1. The van der Waals surface area contributed by atoms with Crippen LogP contribution in [0.5, 0.6) is 0 Å². The molecule has 0 aromatic heterocycles. The predicted octanol–water partition coefficient (Wildman–Crippen LogP) is 5.71. The van der Waals surface area contributed by atoms with Crippen molar-refractivity contribution in [3.63, 3.8) is 0 Å². The molecule has 8 heteroatoms. The number of amides is 2. The summed E-state index contributed by atoms with van der Waals surface area (Å²) in [6, 6.07) is 27.4. The molecule has 1 fully saturated rings. The lowest BCUT2D eigenvalue weighted by Gasteiger charge is -2.28. The molecule has 0 saturated carbocycles. The average molecular weight is 584 g/mol. The van der Waals surface area contributed by atoms with Crippen molar-refractivity contribution in [3.8, 4) is 0 Å². The van der Waals surface area contributed by atoms with Gasteiger partial charge in [0.1, 0.15) is 18.2 Å². The van der Waals surface area contributed by atoms with Gasteiger partial charge in [-0.3, -0.25) is 9.59 Å². The van der Waals surface area contributed by atoms with Crippen molar-refractivity contribution in [1.29, 1.82) is 0 Å². The van der Waals surface area contributed by atoms with Crippen LogP contribution in [-0.2, 0) is 32.2 Å². The summed E-state index contributed by atoms with van der Waals surface area (Å²) in [7, 11) is 0. The highest BCUT2D eigenvalue weighted by atomic mass is 16.6. The summed E-state index contributed by atoms with van der Waals surface area (Å²) < 4.78 is 5.59. The zero-order valence-electron chi connectivity index (χ0n) is 25.2. The molecule has 0 aliphatic carbocycles. The monoisotopic (exact) mass is 583 g/mol. The highest BCUT2D eigenvalue weighted by Gasteiger charge is 2.37. The van der Waals surface area contributed by atoms with Gasteiger partial charge in [-0.2, -0.15) is 0 Å². The molecule has 8 nitrogen and oxygen atoms in total. The van der Waals surface area contributed by atoms with Crippen LogP contribution in [0.15, 0.2) is 96.2 Å². The van der Waals surface area contributed by atoms with E-state index >= 15 is 0 Å². The lowest BCUT2D eigenvalue weighted by atomic mass is 9.98. The number of likely N-dealkylation sites (tertiary alicyclic amines) is 1. The molecule has 226 valence electrons. The van der Waals surface area contributed by atoms with Gasteiger partial charge in [-0.25, -0.2) is 4.79 Å². The lowest BCUT2D eigenvalue weighted by molar-refractivity contribution is -0.163. The van der Waals surface area contributed by atoms with Gasteiger partial charge in [-0.05, 0) is 69.7 Å². The fourth-order valence-corrected chi connectivity index (χ4v) is 5.04. The lowest BCUT2D eigenvalue weighted by Crippen LogP contribution is -2.45.